The van der Waals surface area contributed by atoms with Crippen molar-refractivity contribution in [2.45, 2.75) is 55.5 Å². The van der Waals surface area contributed by atoms with Crippen LogP contribution >= 0.6 is 35.0 Å². The molecule has 44 heavy (non-hydrogen) atoms. The Labute approximate surface area is 274 Å². The Morgan fingerprint density at radius 1 is 1.20 bits per heavy atom. The highest BCUT2D eigenvalue weighted by Crippen LogP contribution is 2.42. The first-order valence-corrected chi connectivity index (χ1v) is 16.5. The van der Waals surface area contributed by atoms with Crippen LogP contribution in [0.15, 0.2) is 46.5 Å². The molecule has 3 atom stereocenters. The van der Waals surface area contributed by atoms with Gasteiger partial charge in [0, 0.05) is 16.0 Å². The van der Waals surface area contributed by atoms with Crippen LogP contribution in [0.5, 0.6) is 0 Å². The van der Waals surface area contributed by atoms with Gasteiger partial charge in [-0.05, 0) is 69.0 Å². The van der Waals surface area contributed by atoms with Gasteiger partial charge in [0.2, 0.25) is 11.3 Å². The number of quaternary nitrogens is 1. The SMILES string of the molecule is CC(C)(C)OC(=O)/C=C/c1cc(Cl)c(SCC(=O)N[C@H]2[C@H]3CCC(C=CC[N+](C)(C)CC(N)=O)=C(C(=O)[O-])N3[S+]2[O-])cc1Cl. The van der Waals surface area contributed by atoms with Crippen LogP contribution in [0.3, 0.4) is 0 Å². The molecule has 0 aliphatic carbocycles. The number of rotatable bonds is 12. The van der Waals surface area contributed by atoms with Gasteiger partial charge in [-0.25, -0.2) is 4.79 Å². The van der Waals surface area contributed by atoms with Gasteiger partial charge in [-0.1, -0.05) is 29.3 Å². The van der Waals surface area contributed by atoms with Crippen molar-refractivity contribution >= 4 is 76.2 Å². The van der Waals surface area contributed by atoms with E-state index < -0.39 is 52.1 Å². The first-order valence-electron chi connectivity index (χ1n) is 13.6. The standard InChI is InChI=1S/C29H36Cl2N4O7S2/c1-29(2,3)42-25(38)11-9-18-13-20(31)22(14-19(18)30)43-16-24(37)33-27-21-10-8-17(26(28(39)40)34(21)44(27)41)7-6-12-35(4,5)15-23(32)36/h6-7,9,11,13-14,21,27H,8,10,12,15-16H2,1-5H3,(H3-,32,33,36,37,39,40)/b7-6?,11-9+/t21-,27-,44?/m1/s1. The summed E-state index contributed by atoms with van der Waals surface area (Å²) in [7, 11) is 3.64. The lowest BCUT2D eigenvalue weighted by Crippen LogP contribution is -2.71. The van der Waals surface area contributed by atoms with Crippen molar-refractivity contribution in [3.8, 4) is 0 Å². The fraction of sp³-hybridized carbons (Fsp3) is 0.448. The molecule has 2 aliphatic heterocycles. The number of carboxylic acid groups (broad SMARTS) is 1. The molecule has 2 aliphatic rings. The number of carbonyl (C=O) groups is 4. The van der Waals surface area contributed by atoms with Gasteiger partial charge in [0.1, 0.15) is 17.3 Å². The number of hydrogen-bond donors (Lipinski definition) is 2. The summed E-state index contributed by atoms with van der Waals surface area (Å²) in [6.45, 7) is 5.82. The topological polar surface area (TPSA) is 165 Å². The fourth-order valence-corrected chi connectivity index (χ4v) is 7.72. The van der Waals surface area contributed by atoms with Gasteiger partial charge < -0.3 is 34.7 Å². The summed E-state index contributed by atoms with van der Waals surface area (Å²) in [6.07, 6.45) is 7.00. The molecule has 15 heteroatoms. The van der Waals surface area contributed by atoms with Crippen LogP contribution in [-0.2, 0) is 35.3 Å². The van der Waals surface area contributed by atoms with Crippen molar-refractivity contribution in [1.29, 1.82) is 0 Å². The lowest BCUT2D eigenvalue weighted by Gasteiger charge is -2.51. The number of ether oxygens (including phenoxy) is 1. The molecule has 11 nitrogen and oxygen atoms in total. The second kappa shape index (κ2) is 14.6. The molecular formula is C29H36Cl2N4O7S2. The molecule has 3 rings (SSSR count). The Morgan fingerprint density at radius 3 is 2.50 bits per heavy atom. The third kappa shape index (κ3) is 9.66. The number of hydrogen-bond acceptors (Lipinski definition) is 9. The molecule has 2 amide bonds. The number of allylic oxidation sites excluding steroid dienone is 2. The maximum absolute atomic E-state index is 13.1. The van der Waals surface area contributed by atoms with Gasteiger partial charge in [-0.2, -0.15) is 4.31 Å². The minimum Gasteiger partial charge on any atom is -0.591 e. The Kier molecular flexibility index (Phi) is 11.9. The average molecular weight is 688 g/mol. The zero-order valence-corrected chi connectivity index (χ0v) is 28.2. The maximum Gasteiger partial charge on any atom is 0.331 e. The van der Waals surface area contributed by atoms with Gasteiger partial charge in [0.05, 0.1) is 48.7 Å². The van der Waals surface area contributed by atoms with Gasteiger partial charge in [0.25, 0.3) is 5.91 Å². The van der Waals surface area contributed by atoms with E-state index in [0.717, 1.165) is 11.8 Å². The van der Waals surface area contributed by atoms with Gasteiger partial charge in [-0.3, -0.25) is 9.59 Å². The molecule has 3 N–H and O–H groups in total. The molecule has 0 aromatic heterocycles. The monoisotopic (exact) mass is 686 g/mol. The minimum atomic E-state index is -1.82. The molecule has 0 radical (unpaired) electrons. The maximum atomic E-state index is 13.1. The third-order valence-corrected chi connectivity index (χ3v) is 10.0. The molecule has 1 aromatic carbocycles. The Bertz CT molecular complexity index is 1410. The lowest BCUT2D eigenvalue weighted by molar-refractivity contribution is -0.876. The predicted molar refractivity (Wildman–Crippen MR) is 169 cm³/mol. The molecular weight excluding hydrogens is 651 g/mol. The van der Waals surface area contributed by atoms with E-state index in [-0.39, 0.29) is 22.5 Å². The highest BCUT2D eigenvalue weighted by Gasteiger charge is 2.57. The van der Waals surface area contributed by atoms with Crippen LogP contribution in [0, 0.1) is 0 Å². The van der Waals surface area contributed by atoms with E-state index in [9.17, 15) is 28.8 Å². The van der Waals surface area contributed by atoms with Crippen LogP contribution in [-0.4, -0.2) is 87.0 Å². The number of thioether (sulfide) groups is 1. The van der Waals surface area contributed by atoms with Gasteiger partial charge >= 0.3 is 5.97 Å². The van der Waals surface area contributed by atoms with E-state index in [1.807, 2.05) is 14.1 Å². The first-order chi connectivity index (χ1) is 20.4. The van der Waals surface area contributed by atoms with Crippen molar-refractivity contribution in [2.24, 2.45) is 5.73 Å². The molecule has 240 valence electrons. The number of primary amides is 1. The van der Waals surface area contributed by atoms with E-state index in [4.69, 9.17) is 33.7 Å². The van der Waals surface area contributed by atoms with Crippen molar-refractivity contribution in [3.63, 3.8) is 0 Å². The van der Waals surface area contributed by atoms with Crippen LogP contribution in [0.4, 0.5) is 0 Å². The van der Waals surface area contributed by atoms with E-state index in [1.54, 1.807) is 45.1 Å². The second-order valence-corrected chi connectivity index (χ2v) is 15.2. The van der Waals surface area contributed by atoms with Crippen molar-refractivity contribution in [3.05, 3.63) is 57.2 Å². The number of esters is 1. The van der Waals surface area contributed by atoms with Crippen molar-refractivity contribution in [1.82, 2.24) is 9.62 Å². The fourth-order valence-electron chi connectivity index (χ4n) is 4.66. The predicted octanol–water partition coefficient (Wildman–Crippen LogP) is 2.15. The molecule has 0 bridgehead atoms. The van der Waals surface area contributed by atoms with E-state index in [0.29, 0.717) is 45.5 Å². The van der Waals surface area contributed by atoms with E-state index in [1.165, 1.54) is 16.5 Å². The third-order valence-electron chi connectivity index (χ3n) is 6.51. The molecule has 2 heterocycles. The quantitative estimate of drug-likeness (QED) is 0.110. The summed E-state index contributed by atoms with van der Waals surface area (Å²) in [6, 6.07) is 2.69. The summed E-state index contributed by atoms with van der Waals surface area (Å²) in [4.78, 5) is 48.6. The van der Waals surface area contributed by atoms with Gasteiger partial charge in [0.15, 0.2) is 6.54 Å². The summed E-state index contributed by atoms with van der Waals surface area (Å²) < 4.78 is 19.9. The molecule has 0 spiro atoms. The number of nitrogens with two attached hydrogens (primary N) is 1. The number of carbonyl (C=O) groups excluding carboxylic acids is 4. The molecule has 1 unspecified atom stereocenters. The highest BCUT2D eigenvalue weighted by molar-refractivity contribution is 8.00. The number of benzene rings is 1. The van der Waals surface area contributed by atoms with Gasteiger partial charge in [-0.15, -0.1) is 11.8 Å². The summed E-state index contributed by atoms with van der Waals surface area (Å²) >= 11 is 12.1. The zero-order valence-electron chi connectivity index (χ0n) is 25.1. The molecule has 1 saturated heterocycles. The Morgan fingerprint density at radius 2 is 1.89 bits per heavy atom. The normalized spacial score (nSPS) is 20.5. The Hall–Kier alpha value is -2.68. The molecule has 1 aromatic rings. The van der Waals surface area contributed by atoms with E-state index >= 15 is 0 Å². The lowest BCUT2D eigenvalue weighted by atomic mass is 9.96. The van der Waals surface area contributed by atoms with Crippen molar-refractivity contribution in [2.75, 3.05) is 32.9 Å². The number of nitrogens with zero attached hydrogens (tertiary/aromatic N) is 2. The summed E-state index contributed by atoms with van der Waals surface area (Å²) in [5, 5.41) is 14.7. The van der Waals surface area contributed by atoms with E-state index in [2.05, 4.69) is 5.32 Å². The van der Waals surface area contributed by atoms with Crippen LogP contribution < -0.4 is 16.2 Å². The van der Waals surface area contributed by atoms with Crippen LogP contribution in [0.1, 0.15) is 39.2 Å². The molecule has 0 saturated carbocycles. The average Bonchev–Trinajstić information content (AvgIpc) is 2.88. The van der Waals surface area contributed by atoms with Crippen LogP contribution in [0.25, 0.3) is 6.08 Å². The number of fused-ring (bicyclic) bond motifs is 1. The smallest absolute Gasteiger partial charge is 0.331 e. The highest BCUT2D eigenvalue weighted by atomic mass is 35.5. The summed E-state index contributed by atoms with van der Waals surface area (Å²) in [5.74, 6) is -2.89. The Balaban J connectivity index is 1.60. The number of aliphatic carboxylic acids is 1. The number of halogens is 2. The van der Waals surface area contributed by atoms with Crippen LogP contribution in [0.2, 0.25) is 10.0 Å². The largest absolute Gasteiger partial charge is 0.591 e. The number of amides is 2. The second-order valence-electron chi connectivity index (χ2n) is 12.0. The molecule has 1 fully saturated rings. The summed E-state index contributed by atoms with van der Waals surface area (Å²) in [5.41, 5.74) is 5.44. The number of nitrogens with one attached hydrogen (secondary N) is 1. The number of carboxylic acids is 1. The number of likely N-dealkylation sites (N-methyl/N-ethyl adjacent to an activating group) is 1. The zero-order chi connectivity index (χ0) is 33.0. The minimum absolute atomic E-state index is 0.0555. The first kappa shape index (κ1) is 35.8. The van der Waals surface area contributed by atoms with Crippen molar-refractivity contribution < 1.29 is 38.1 Å².